The van der Waals surface area contributed by atoms with E-state index < -0.39 is 0 Å². The van der Waals surface area contributed by atoms with Crippen molar-refractivity contribution in [2.45, 2.75) is 78.6 Å². The molecule has 0 aliphatic heterocycles. The van der Waals surface area contributed by atoms with Crippen LogP contribution in [-0.2, 0) is 0 Å². The molecule has 0 spiro atoms. The van der Waals surface area contributed by atoms with Crippen LogP contribution in [0.25, 0.3) is 0 Å². The highest BCUT2D eigenvalue weighted by Crippen LogP contribution is 2.09. The van der Waals surface area contributed by atoms with Gasteiger partial charge in [0.2, 0.25) is 0 Å². The van der Waals surface area contributed by atoms with E-state index in [1.54, 1.807) is 0 Å². The summed E-state index contributed by atoms with van der Waals surface area (Å²) in [4.78, 5) is 2.61. The van der Waals surface area contributed by atoms with Crippen LogP contribution >= 0.6 is 0 Å². The molecule has 109 valence electrons. The average molecular weight is 254 g/mol. The normalized spacial score (nSPS) is 11.7. The fraction of sp³-hybridized carbons (Fsp3) is 0.941. The molecule has 0 amide bonds. The number of rotatable bonds is 13. The zero-order valence-corrected chi connectivity index (χ0v) is 13.2. The molecule has 0 rings (SSSR count). The molecule has 1 nitrogen and oxygen atoms in total. The third-order valence-corrected chi connectivity index (χ3v) is 3.57. The molecule has 0 aromatic carbocycles. The molecule has 0 aliphatic rings. The molecule has 0 N–H and O–H groups in total. The van der Waals surface area contributed by atoms with Gasteiger partial charge in [0.1, 0.15) is 0 Å². The molecule has 0 aliphatic carbocycles. The maximum atomic E-state index is 3.99. The zero-order valence-electron chi connectivity index (χ0n) is 13.2. The van der Waals surface area contributed by atoms with Crippen molar-refractivity contribution in [3.8, 4) is 0 Å². The van der Waals surface area contributed by atoms with Crippen molar-refractivity contribution in [2.75, 3.05) is 19.6 Å². The summed E-state index contributed by atoms with van der Waals surface area (Å²) in [6.07, 6.45) is 12.3. The largest absolute Gasteiger partial charge is 0.303 e. The van der Waals surface area contributed by atoms with Gasteiger partial charge in [-0.3, -0.25) is 0 Å². The molecule has 0 saturated carbocycles. The van der Waals surface area contributed by atoms with Gasteiger partial charge >= 0.3 is 0 Å². The lowest BCUT2D eigenvalue weighted by Crippen LogP contribution is -2.27. The first kappa shape index (κ1) is 18.0. The van der Waals surface area contributed by atoms with Crippen LogP contribution in [0.15, 0.2) is 0 Å². The third kappa shape index (κ3) is 12.4. The quantitative estimate of drug-likeness (QED) is 0.403. The Morgan fingerprint density at radius 3 is 2.00 bits per heavy atom. The lowest BCUT2D eigenvalue weighted by atomic mass is 10.1. The second-order valence-electron chi connectivity index (χ2n) is 6.00. The van der Waals surface area contributed by atoms with Gasteiger partial charge < -0.3 is 4.90 Å². The predicted molar refractivity (Wildman–Crippen MR) is 83.9 cm³/mol. The molecule has 1 radical (unpaired) electrons. The summed E-state index contributed by atoms with van der Waals surface area (Å²) in [5, 5.41) is 0. The molecule has 0 heterocycles. The SMILES string of the molecule is [CH2]CCN(CCCCCCCCC)CCC(C)C. The minimum absolute atomic E-state index is 0.825. The summed E-state index contributed by atoms with van der Waals surface area (Å²) in [7, 11) is 0. The van der Waals surface area contributed by atoms with Gasteiger partial charge in [0.25, 0.3) is 0 Å². The Kier molecular flexibility index (Phi) is 13.4. The summed E-state index contributed by atoms with van der Waals surface area (Å²) in [6, 6.07) is 0. The number of nitrogens with zero attached hydrogens (tertiary/aromatic N) is 1. The summed E-state index contributed by atoms with van der Waals surface area (Å²) < 4.78 is 0. The number of unbranched alkanes of at least 4 members (excludes halogenated alkanes) is 6. The monoisotopic (exact) mass is 254 g/mol. The molecular formula is C17H36N. The summed E-state index contributed by atoms with van der Waals surface area (Å²) in [5.74, 6) is 0.825. The Morgan fingerprint density at radius 1 is 0.833 bits per heavy atom. The van der Waals surface area contributed by atoms with Gasteiger partial charge in [0.05, 0.1) is 0 Å². The fourth-order valence-electron chi connectivity index (χ4n) is 2.29. The zero-order chi connectivity index (χ0) is 13.6. The predicted octanol–water partition coefficient (Wildman–Crippen LogP) is 5.31. The maximum Gasteiger partial charge on any atom is -0.00163 e. The first-order valence-corrected chi connectivity index (χ1v) is 8.22. The minimum atomic E-state index is 0.825. The summed E-state index contributed by atoms with van der Waals surface area (Å²) >= 11 is 0. The fourth-order valence-corrected chi connectivity index (χ4v) is 2.29. The van der Waals surface area contributed by atoms with Crippen LogP contribution in [0.2, 0.25) is 0 Å². The molecule has 0 atom stereocenters. The van der Waals surface area contributed by atoms with Crippen LogP contribution in [0.5, 0.6) is 0 Å². The van der Waals surface area contributed by atoms with Gasteiger partial charge in [0.15, 0.2) is 0 Å². The molecule has 1 heteroatoms. The average Bonchev–Trinajstić information content (AvgIpc) is 2.34. The van der Waals surface area contributed by atoms with Crippen LogP contribution in [-0.4, -0.2) is 24.5 Å². The van der Waals surface area contributed by atoms with Crippen molar-refractivity contribution in [2.24, 2.45) is 5.92 Å². The van der Waals surface area contributed by atoms with E-state index in [9.17, 15) is 0 Å². The van der Waals surface area contributed by atoms with Gasteiger partial charge in [-0.1, -0.05) is 66.2 Å². The Labute approximate surface area is 116 Å². The molecule has 0 fully saturated rings. The highest BCUT2D eigenvalue weighted by molar-refractivity contribution is 4.61. The molecule has 0 saturated heterocycles. The smallest absolute Gasteiger partial charge is 0.00163 e. The molecule has 0 aromatic rings. The van der Waals surface area contributed by atoms with Crippen LogP contribution in [0.3, 0.4) is 0 Å². The molecular weight excluding hydrogens is 218 g/mol. The molecule has 0 unspecified atom stereocenters. The van der Waals surface area contributed by atoms with Crippen molar-refractivity contribution >= 4 is 0 Å². The van der Waals surface area contributed by atoms with Crippen molar-refractivity contribution in [1.29, 1.82) is 0 Å². The van der Waals surface area contributed by atoms with E-state index in [0.717, 1.165) is 12.3 Å². The van der Waals surface area contributed by atoms with E-state index in [4.69, 9.17) is 0 Å². The topological polar surface area (TPSA) is 3.24 Å². The molecule has 18 heavy (non-hydrogen) atoms. The maximum absolute atomic E-state index is 3.99. The van der Waals surface area contributed by atoms with Gasteiger partial charge in [-0.15, -0.1) is 0 Å². The van der Waals surface area contributed by atoms with Gasteiger partial charge in [-0.2, -0.15) is 0 Å². The van der Waals surface area contributed by atoms with E-state index in [2.05, 4.69) is 32.6 Å². The number of hydrogen-bond acceptors (Lipinski definition) is 1. The van der Waals surface area contributed by atoms with E-state index in [0.29, 0.717) is 0 Å². The lowest BCUT2D eigenvalue weighted by molar-refractivity contribution is 0.255. The Balaban J connectivity index is 3.45. The first-order valence-electron chi connectivity index (χ1n) is 8.22. The van der Waals surface area contributed by atoms with Crippen LogP contribution in [0.1, 0.15) is 78.6 Å². The van der Waals surface area contributed by atoms with Gasteiger partial charge in [-0.05, 0) is 44.8 Å². The van der Waals surface area contributed by atoms with Gasteiger partial charge in [-0.25, -0.2) is 0 Å². The van der Waals surface area contributed by atoms with Crippen LogP contribution in [0.4, 0.5) is 0 Å². The standard InChI is InChI=1S/C17H36N/c1-5-7-8-9-10-11-12-15-18(14-6-2)16-13-17(3)4/h17H,2,5-16H2,1,3-4H3. The van der Waals surface area contributed by atoms with Crippen molar-refractivity contribution in [3.63, 3.8) is 0 Å². The van der Waals surface area contributed by atoms with Crippen LogP contribution < -0.4 is 0 Å². The Morgan fingerprint density at radius 2 is 1.44 bits per heavy atom. The molecule has 0 bridgehead atoms. The van der Waals surface area contributed by atoms with Gasteiger partial charge in [0, 0.05) is 0 Å². The lowest BCUT2D eigenvalue weighted by Gasteiger charge is -2.22. The Bertz CT molecular complexity index is 154. The third-order valence-electron chi connectivity index (χ3n) is 3.57. The number of hydrogen-bond donors (Lipinski definition) is 0. The van der Waals surface area contributed by atoms with Crippen LogP contribution in [0, 0.1) is 12.8 Å². The second-order valence-corrected chi connectivity index (χ2v) is 6.00. The Hall–Kier alpha value is -0.0400. The highest BCUT2D eigenvalue weighted by Gasteiger charge is 2.04. The van der Waals surface area contributed by atoms with Crippen molar-refractivity contribution in [1.82, 2.24) is 4.90 Å². The first-order chi connectivity index (χ1) is 8.70. The van der Waals surface area contributed by atoms with Crippen molar-refractivity contribution in [3.05, 3.63) is 6.92 Å². The van der Waals surface area contributed by atoms with E-state index in [1.165, 1.54) is 71.0 Å². The van der Waals surface area contributed by atoms with Crippen molar-refractivity contribution < 1.29 is 0 Å². The summed E-state index contributed by atoms with van der Waals surface area (Å²) in [6.45, 7) is 14.6. The van der Waals surface area contributed by atoms with E-state index >= 15 is 0 Å². The van der Waals surface area contributed by atoms with E-state index in [-0.39, 0.29) is 0 Å². The minimum Gasteiger partial charge on any atom is -0.303 e. The highest BCUT2D eigenvalue weighted by atomic mass is 15.1. The van der Waals surface area contributed by atoms with E-state index in [1.807, 2.05) is 0 Å². The summed E-state index contributed by atoms with van der Waals surface area (Å²) in [5.41, 5.74) is 0. The second kappa shape index (κ2) is 13.4. The molecule has 0 aromatic heterocycles.